The van der Waals surface area contributed by atoms with Crippen LogP contribution in [0.15, 0.2) is 42.5 Å². The van der Waals surface area contributed by atoms with Crippen molar-refractivity contribution in [3.63, 3.8) is 0 Å². The number of carbonyl (C=O) groups excluding carboxylic acids is 1. The summed E-state index contributed by atoms with van der Waals surface area (Å²) in [4.78, 5) is 12.2. The summed E-state index contributed by atoms with van der Waals surface area (Å²) in [6.45, 7) is 0. The van der Waals surface area contributed by atoms with Crippen molar-refractivity contribution < 1.29 is 31.8 Å². The zero-order valence-corrected chi connectivity index (χ0v) is 11.2. The average molecular weight is 325 g/mol. The number of alkyl halides is 3. The molecule has 23 heavy (non-hydrogen) atoms. The fourth-order valence-electron chi connectivity index (χ4n) is 2.27. The van der Waals surface area contributed by atoms with Crippen molar-refractivity contribution in [1.29, 1.82) is 0 Å². The van der Waals surface area contributed by atoms with Gasteiger partial charge in [-0.3, -0.25) is 4.79 Å². The molecule has 118 valence electrons. The molecule has 2 aromatic rings. The van der Waals surface area contributed by atoms with Crippen LogP contribution < -0.4 is 4.74 Å². The summed E-state index contributed by atoms with van der Waals surface area (Å²) in [6.07, 6.45) is -4.84. The minimum atomic E-state index is -4.84. The number of hydrogen-bond donors (Lipinski definition) is 0. The van der Waals surface area contributed by atoms with Crippen LogP contribution in [0.3, 0.4) is 0 Å². The second-order valence-electron chi connectivity index (χ2n) is 4.71. The zero-order valence-electron chi connectivity index (χ0n) is 11.2. The van der Waals surface area contributed by atoms with Crippen molar-refractivity contribution in [2.24, 2.45) is 0 Å². The molecule has 0 bridgehead atoms. The van der Waals surface area contributed by atoms with Crippen molar-refractivity contribution in [2.75, 3.05) is 0 Å². The van der Waals surface area contributed by atoms with E-state index in [-0.39, 0.29) is 27.3 Å². The number of Topliss-reactive ketones (excluding diaryl/α,β-unsaturated/α-hetero) is 1. The summed E-state index contributed by atoms with van der Waals surface area (Å²) < 4.78 is 53.5. The third kappa shape index (κ3) is 2.75. The Labute approximate surface area is 126 Å². The van der Waals surface area contributed by atoms with Crippen LogP contribution in [0.25, 0.3) is 0 Å². The minimum Gasteiger partial charge on any atom is -0.618 e. The number of halogens is 4. The van der Waals surface area contributed by atoms with E-state index in [2.05, 4.69) is 4.74 Å². The average Bonchev–Trinajstić information content (AvgIpc) is 2.70. The van der Waals surface area contributed by atoms with Crippen molar-refractivity contribution in [2.45, 2.75) is 6.36 Å². The Morgan fingerprint density at radius 3 is 2.30 bits per heavy atom. The van der Waals surface area contributed by atoms with Gasteiger partial charge >= 0.3 is 6.36 Å². The highest BCUT2D eigenvalue weighted by Gasteiger charge is 2.37. The molecule has 1 aliphatic rings. The molecule has 8 heteroatoms. The van der Waals surface area contributed by atoms with E-state index in [4.69, 9.17) is 0 Å². The summed E-state index contributed by atoms with van der Waals surface area (Å²) in [5, 5.41) is 12.2. The molecule has 0 unspecified atom stereocenters. The Hall–Kier alpha value is -2.90. The molecule has 0 spiro atoms. The maximum Gasteiger partial charge on any atom is 0.573 e. The van der Waals surface area contributed by atoms with Gasteiger partial charge in [0.2, 0.25) is 5.69 Å². The highest BCUT2D eigenvalue weighted by Crippen LogP contribution is 2.30. The van der Waals surface area contributed by atoms with E-state index in [1.54, 1.807) is 0 Å². The number of rotatable bonds is 2. The van der Waals surface area contributed by atoms with Crippen LogP contribution in [0.4, 0.5) is 23.2 Å². The lowest BCUT2D eigenvalue weighted by molar-refractivity contribution is -0.355. The van der Waals surface area contributed by atoms with Gasteiger partial charge in [0.05, 0.1) is 5.56 Å². The molecule has 0 radical (unpaired) electrons. The molecule has 0 aliphatic carbocycles. The van der Waals surface area contributed by atoms with Crippen LogP contribution in [0.2, 0.25) is 0 Å². The van der Waals surface area contributed by atoms with Gasteiger partial charge in [0, 0.05) is 6.07 Å². The predicted octanol–water partition coefficient (Wildman–Crippen LogP) is 3.55. The Balaban J connectivity index is 1.98. The first-order chi connectivity index (χ1) is 10.8. The van der Waals surface area contributed by atoms with Crippen LogP contribution in [0, 0.1) is 11.0 Å². The maximum absolute atomic E-state index is 13.2. The fraction of sp³-hybridized carbons (Fsp3) is 0.0667. The Bertz CT molecular complexity index is 826. The summed E-state index contributed by atoms with van der Waals surface area (Å²) in [7, 11) is 0. The number of ether oxygens (including phenoxy) is 1. The highest BCUT2D eigenvalue weighted by molar-refractivity contribution is 6.52. The molecule has 0 saturated carbocycles. The molecule has 0 amide bonds. The molecule has 4 nitrogen and oxygen atoms in total. The fourth-order valence-corrected chi connectivity index (χ4v) is 2.27. The van der Waals surface area contributed by atoms with E-state index in [0.717, 1.165) is 36.4 Å². The van der Waals surface area contributed by atoms with Crippen molar-refractivity contribution in [3.8, 4) is 5.75 Å². The predicted molar refractivity (Wildman–Crippen MR) is 71.3 cm³/mol. The third-order valence-electron chi connectivity index (χ3n) is 3.20. The summed E-state index contributed by atoms with van der Waals surface area (Å²) in [5.41, 5.74) is -0.284. The van der Waals surface area contributed by atoms with Crippen molar-refractivity contribution in [1.82, 2.24) is 0 Å². The Kier molecular flexibility index (Phi) is 3.32. The third-order valence-corrected chi connectivity index (χ3v) is 3.20. The molecule has 0 atom stereocenters. The zero-order chi connectivity index (χ0) is 16.8. The summed E-state index contributed by atoms with van der Waals surface area (Å²) in [5.74, 6) is -1.78. The van der Waals surface area contributed by atoms with Crippen LogP contribution in [-0.2, 0) is 0 Å². The normalized spacial score (nSPS) is 14.2. The molecule has 1 heterocycles. The van der Waals surface area contributed by atoms with E-state index >= 15 is 0 Å². The van der Waals surface area contributed by atoms with Gasteiger partial charge in [-0.2, -0.15) is 4.74 Å². The largest absolute Gasteiger partial charge is 0.618 e. The molecule has 0 saturated heterocycles. The molecule has 0 fully saturated rings. The number of ketones is 1. The Morgan fingerprint density at radius 1 is 1.04 bits per heavy atom. The van der Waals surface area contributed by atoms with E-state index in [9.17, 15) is 27.6 Å². The quantitative estimate of drug-likeness (QED) is 0.482. The second kappa shape index (κ2) is 5.08. The van der Waals surface area contributed by atoms with Crippen molar-refractivity contribution >= 4 is 17.2 Å². The second-order valence-corrected chi connectivity index (χ2v) is 4.71. The number of nitrogens with zero attached hydrogens (tertiary/aromatic N) is 1. The Morgan fingerprint density at radius 2 is 1.70 bits per heavy atom. The van der Waals surface area contributed by atoms with E-state index in [1.807, 2.05) is 0 Å². The van der Waals surface area contributed by atoms with Gasteiger partial charge in [-0.15, -0.1) is 13.2 Å². The summed E-state index contributed by atoms with van der Waals surface area (Å²) in [6, 6.07) is 7.44. The first-order valence-electron chi connectivity index (χ1n) is 6.31. The molecule has 0 N–H and O–H groups in total. The first-order valence-corrected chi connectivity index (χ1v) is 6.31. The van der Waals surface area contributed by atoms with Gasteiger partial charge in [0.25, 0.3) is 11.5 Å². The van der Waals surface area contributed by atoms with E-state index in [0.29, 0.717) is 0 Å². The molecular formula is C15H7F4NO3. The van der Waals surface area contributed by atoms with Gasteiger partial charge < -0.3 is 9.94 Å². The topological polar surface area (TPSA) is 52.4 Å². The van der Waals surface area contributed by atoms with E-state index in [1.165, 1.54) is 6.07 Å². The van der Waals surface area contributed by atoms with E-state index < -0.39 is 23.7 Å². The highest BCUT2D eigenvalue weighted by atomic mass is 19.4. The van der Waals surface area contributed by atoms with Gasteiger partial charge in [0.1, 0.15) is 17.1 Å². The standard InChI is InChI=1S/C15H7F4NO3/c16-9-3-6-11-12(7-9)20(22)13(14(11)21)8-1-4-10(5-2-8)23-15(17,18)19/h1-7H. The molecule has 0 aromatic heterocycles. The maximum atomic E-state index is 13.2. The summed E-state index contributed by atoms with van der Waals surface area (Å²) >= 11 is 0. The molecule has 2 aromatic carbocycles. The lowest BCUT2D eigenvalue weighted by Crippen LogP contribution is -2.18. The monoisotopic (exact) mass is 325 g/mol. The lowest BCUT2D eigenvalue weighted by atomic mass is 10.0. The smallest absolute Gasteiger partial charge is 0.573 e. The van der Waals surface area contributed by atoms with Crippen molar-refractivity contribution in [3.05, 3.63) is 64.6 Å². The van der Waals surface area contributed by atoms with Crippen LogP contribution in [0.1, 0.15) is 15.9 Å². The number of carbonyl (C=O) groups is 1. The SMILES string of the molecule is O=C1C(c2ccc(OC(F)(F)F)cc2)=[N+]([O-])c2cc(F)ccc21. The first kappa shape index (κ1) is 15.0. The minimum absolute atomic E-state index is 0.0343. The van der Waals surface area contributed by atoms with Crippen LogP contribution in [-0.4, -0.2) is 22.6 Å². The van der Waals surface area contributed by atoms with Gasteiger partial charge in [-0.25, -0.2) is 4.39 Å². The number of hydrogen-bond acceptors (Lipinski definition) is 3. The lowest BCUT2D eigenvalue weighted by Gasteiger charge is -2.08. The molecular weight excluding hydrogens is 318 g/mol. The van der Waals surface area contributed by atoms with Gasteiger partial charge in [-0.05, 0) is 36.4 Å². The number of benzene rings is 2. The molecule has 1 aliphatic heterocycles. The van der Waals surface area contributed by atoms with Crippen LogP contribution in [0.5, 0.6) is 5.75 Å². The number of fused-ring (bicyclic) bond motifs is 1. The van der Waals surface area contributed by atoms with Gasteiger partial charge in [0.15, 0.2) is 0 Å². The van der Waals surface area contributed by atoms with Crippen LogP contribution >= 0.6 is 0 Å². The molecule has 3 rings (SSSR count). The van der Waals surface area contributed by atoms with Gasteiger partial charge in [-0.1, -0.05) is 0 Å².